The second-order valence-electron chi connectivity index (χ2n) is 6.95. The first kappa shape index (κ1) is 23.5. The molecule has 0 spiro atoms. The van der Waals surface area contributed by atoms with Gasteiger partial charge in [-0.2, -0.15) is 0 Å². The van der Waals surface area contributed by atoms with Crippen molar-refractivity contribution >= 4 is 29.2 Å². The van der Waals surface area contributed by atoms with Gasteiger partial charge in [0, 0.05) is 24.4 Å². The van der Waals surface area contributed by atoms with Crippen molar-refractivity contribution < 1.29 is 28.8 Å². The highest BCUT2D eigenvalue weighted by Crippen LogP contribution is 2.33. The van der Waals surface area contributed by atoms with Crippen LogP contribution in [0.25, 0.3) is 0 Å². The Morgan fingerprint density at radius 1 is 1.03 bits per heavy atom. The number of nitro benzene ring substituents is 1. The van der Waals surface area contributed by atoms with Crippen LogP contribution < -0.4 is 10.2 Å². The molecule has 2 aromatic carbocycles. The number of rotatable bonds is 9. The number of nitrogens with one attached hydrogen (secondary N) is 1. The normalized spacial score (nSPS) is 15.4. The second kappa shape index (κ2) is 10.4. The van der Waals surface area contributed by atoms with Gasteiger partial charge in [-0.15, -0.1) is 0 Å². The van der Waals surface area contributed by atoms with E-state index in [2.05, 4.69) is 5.32 Å². The monoisotopic (exact) mass is 453 g/mol. The molecule has 1 heterocycles. The number of nitro groups is 1. The lowest BCUT2D eigenvalue weighted by Gasteiger charge is -2.24. The average Bonchev–Trinajstić information content (AvgIpc) is 3.11. The van der Waals surface area contributed by atoms with Gasteiger partial charge in [-0.25, -0.2) is 9.59 Å². The van der Waals surface area contributed by atoms with E-state index in [0.717, 1.165) is 10.5 Å². The maximum atomic E-state index is 13.4. The summed E-state index contributed by atoms with van der Waals surface area (Å²) in [6.07, 6.45) is 0. The number of non-ortho nitro benzene ring substituents is 1. The van der Waals surface area contributed by atoms with Crippen LogP contribution in [0.3, 0.4) is 0 Å². The number of carbonyl (C=O) groups is 3. The van der Waals surface area contributed by atoms with Gasteiger partial charge in [-0.3, -0.25) is 19.8 Å². The van der Waals surface area contributed by atoms with Crippen molar-refractivity contribution in [2.45, 2.75) is 26.4 Å². The number of ether oxygens (including phenoxy) is 2. The van der Waals surface area contributed by atoms with Gasteiger partial charge in [0.2, 0.25) is 0 Å². The number of benzene rings is 2. The van der Waals surface area contributed by atoms with Crippen LogP contribution in [0.15, 0.2) is 65.9 Å². The Kier molecular flexibility index (Phi) is 7.39. The zero-order chi connectivity index (χ0) is 24.0. The molecular formula is C23H23N3O7. The highest BCUT2D eigenvalue weighted by molar-refractivity contribution is 6.20. The fourth-order valence-corrected chi connectivity index (χ4v) is 3.44. The third kappa shape index (κ3) is 5.00. The number of carbonyl (C=O) groups excluding carboxylic acids is 3. The fourth-order valence-electron chi connectivity index (χ4n) is 3.44. The van der Waals surface area contributed by atoms with E-state index in [1.165, 1.54) is 24.3 Å². The van der Waals surface area contributed by atoms with E-state index in [-0.39, 0.29) is 42.4 Å². The largest absolute Gasteiger partial charge is 0.464 e. The maximum Gasteiger partial charge on any atom is 0.339 e. The summed E-state index contributed by atoms with van der Waals surface area (Å²) in [4.78, 5) is 50.7. The zero-order valence-electron chi connectivity index (χ0n) is 18.1. The number of esters is 2. The fraction of sp³-hybridized carbons (Fsp3) is 0.261. The summed E-state index contributed by atoms with van der Waals surface area (Å²) in [5, 5.41) is 14.0. The Morgan fingerprint density at radius 2 is 1.67 bits per heavy atom. The second-order valence-corrected chi connectivity index (χ2v) is 6.95. The van der Waals surface area contributed by atoms with E-state index in [4.69, 9.17) is 9.47 Å². The number of hydrogen-bond acceptors (Lipinski definition) is 8. The van der Waals surface area contributed by atoms with E-state index < -0.39 is 28.8 Å². The van der Waals surface area contributed by atoms with Crippen LogP contribution in [-0.4, -0.2) is 42.0 Å². The molecule has 1 atom stereocenters. The van der Waals surface area contributed by atoms with Crippen LogP contribution in [0.5, 0.6) is 0 Å². The highest BCUT2D eigenvalue weighted by atomic mass is 16.6. The number of hydrogen-bond donors (Lipinski definition) is 1. The van der Waals surface area contributed by atoms with Crippen LogP contribution in [0.2, 0.25) is 0 Å². The summed E-state index contributed by atoms with van der Waals surface area (Å²) in [5.74, 6) is -2.30. The molecule has 10 nitrogen and oxygen atoms in total. The molecule has 0 saturated heterocycles. The van der Waals surface area contributed by atoms with Gasteiger partial charge < -0.3 is 14.8 Å². The maximum absolute atomic E-state index is 13.4. The van der Waals surface area contributed by atoms with Crippen molar-refractivity contribution in [3.63, 3.8) is 0 Å². The van der Waals surface area contributed by atoms with Crippen molar-refractivity contribution in [2.24, 2.45) is 0 Å². The molecule has 0 aromatic heterocycles. The Balaban J connectivity index is 2.06. The predicted molar refractivity (Wildman–Crippen MR) is 118 cm³/mol. The number of amides is 1. The van der Waals surface area contributed by atoms with Gasteiger partial charge in [-0.1, -0.05) is 30.3 Å². The van der Waals surface area contributed by atoms with Crippen LogP contribution in [0.4, 0.5) is 11.4 Å². The lowest BCUT2D eigenvalue weighted by molar-refractivity contribution is -0.384. The van der Waals surface area contributed by atoms with Crippen molar-refractivity contribution in [3.05, 3.63) is 81.5 Å². The van der Waals surface area contributed by atoms with Crippen LogP contribution in [-0.2, 0) is 30.4 Å². The lowest BCUT2D eigenvalue weighted by atomic mass is 10.1. The molecular weight excluding hydrogens is 430 g/mol. The zero-order valence-corrected chi connectivity index (χ0v) is 18.1. The molecule has 172 valence electrons. The minimum atomic E-state index is -1.41. The third-order valence-corrected chi connectivity index (χ3v) is 4.89. The van der Waals surface area contributed by atoms with E-state index >= 15 is 0 Å². The van der Waals surface area contributed by atoms with Crippen LogP contribution in [0, 0.1) is 10.1 Å². The van der Waals surface area contributed by atoms with Gasteiger partial charge in [0.05, 0.1) is 18.1 Å². The minimum Gasteiger partial charge on any atom is -0.464 e. The third-order valence-electron chi connectivity index (χ3n) is 4.89. The highest BCUT2D eigenvalue weighted by Gasteiger charge is 2.48. The van der Waals surface area contributed by atoms with Gasteiger partial charge >= 0.3 is 11.9 Å². The smallest absolute Gasteiger partial charge is 0.339 e. The Bertz CT molecular complexity index is 1080. The van der Waals surface area contributed by atoms with Crippen molar-refractivity contribution in [1.29, 1.82) is 0 Å². The molecule has 2 aromatic rings. The number of anilines is 1. The van der Waals surface area contributed by atoms with Crippen LogP contribution in [0.1, 0.15) is 19.4 Å². The molecule has 3 rings (SSSR count). The summed E-state index contributed by atoms with van der Waals surface area (Å²) in [5.41, 5.74) is 0.604. The molecule has 0 bridgehead atoms. The molecule has 1 amide bonds. The molecule has 10 heteroatoms. The van der Waals surface area contributed by atoms with Crippen molar-refractivity contribution in [3.8, 4) is 0 Å². The summed E-state index contributed by atoms with van der Waals surface area (Å²) in [6.45, 7) is 3.50. The first-order chi connectivity index (χ1) is 15.9. The number of nitrogens with zero attached hydrogens (tertiary/aromatic N) is 2. The predicted octanol–water partition coefficient (Wildman–Crippen LogP) is 2.48. The summed E-state index contributed by atoms with van der Waals surface area (Å²) < 4.78 is 10.3. The van der Waals surface area contributed by atoms with Gasteiger partial charge in [-0.05, 0) is 31.5 Å². The molecule has 0 fully saturated rings. The van der Waals surface area contributed by atoms with Gasteiger partial charge in [0.15, 0.2) is 6.04 Å². The lowest BCUT2D eigenvalue weighted by Crippen LogP contribution is -2.44. The molecule has 0 saturated carbocycles. The Morgan fingerprint density at radius 3 is 2.24 bits per heavy atom. The summed E-state index contributed by atoms with van der Waals surface area (Å²) >= 11 is 0. The standard InChI is InChI=1S/C23H23N3O7/c1-3-32-22(28)18-19(24-14-15-8-6-5-7-9-15)21(27)25(20(18)23(29)33-4-2)16-10-12-17(13-11-16)26(30)31/h5-13,20,24H,3-4,14H2,1-2H3. The topological polar surface area (TPSA) is 128 Å². The van der Waals surface area contributed by atoms with Gasteiger partial charge in [0.1, 0.15) is 11.3 Å². The Labute approximate surface area is 189 Å². The van der Waals surface area contributed by atoms with Gasteiger partial charge in [0.25, 0.3) is 11.6 Å². The van der Waals surface area contributed by atoms with E-state index in [1.807, 2.05) is 30.3 Å². The van der Waals surface area contributed by atoms with Crippen molar-refractivity contribution in [2.75, 3.05) is 18.1 Å². The van der Waals surface area contributed by atoms with E-state index in [9.17, 15) is 24.5 Å². The van der Waals surface area contributed by atoms with Crippen LogP contribution >= 0.6 is 0 Å². The SMILES string of the molecule is CCOC(=O)C1=C(NCc2ccccc2)C(=O)N(c2ccc([N+](=O)[O-])cc2)C1C(=O)OCC. The van der Waals surface area contributed by atoms with E-state index in [1.54, 1.807) is 13.8 Å². The molecule has 1 aliphatic rings. The van der Waals surface area contributed by atoms with E-state index in [0.29, 0.717) is 0 Å². The molecule has 1 unspecified atom stereocenters. The molecule has 1 aliphatic heterocycles. The van der Waals surface area contributed by atoms with Crippen molar-refractivity contribution in [1.82, 2.24) is 5.32 Å². The summed E-state index contributed by atoms with van der Waals surface area (Å²) in [7, 11) is 0. The first-order valence-electron chi connectivity index (χ1n) is 10.3. The quantitative estimate of drug-likeness (QED) is 0.348. The molecule has 33 heavy (non-hydrogen) atoms. The molecule has 0 aliphatic carbocycles. The average molecular weight is 453 g/mol. The first-order valence-corrected chi connectivity index (χ1v) is 10.3. The molecule has 1 N–H and O–H groups in total. The minimum absolute atomic E-state index is 0.0283. The Hall–Kier alpha value is -4.21. The molecule has 0 radical (unpaired) electrons. The summed E-state index contributed by atoms with van der Waals surface area (Å²) in [6, 6.07) is 12.9.